The number of nitrogens with zero attached hydrogens (tertiary/aromatic N) is 3. The van der Waals surface area contributed by atoms with Gasteiger partial charge in [0.25, 0.3) is 5.97 Å². The summed E-state index contributed by atoms with van der Waals surface area (Å²) in [5.74, 6) is -0.0285. The molecule has 0 saturated heterocycles. The van der Waals surface area contributed by atoms with Crippen LogP contribution in [0.25, 0.3) is 22.5 Å². The Labute approximate surface area is 217 Å². The van der Waals surface area contributed by atoms with Crippen LogP contribution in [0.4, 0.5) is 5.82 Å². The number of aliphatic carboxylic acids is 1. The van der Waals surface area contributed by atoms with Gasteiger partial charge >= 0.3 is 29.6 Å². The van der Waals surface area contributed by atoms with E-state index in [-0.39, 0.29) is 48.8 Å². The number of anilines is 1. The third kappa shape index (κ3) is 9.61. The van der Waals surface area contributed by atoms with E-state index >= 15 is 0 Å². The zero-order valence-electron chi connectivity index (χ0n) is 19.8. The molecule has 2 aromatic carbocycles. The maximum Gasteiger partial charge on any atom is 1.00 e. The molecular formula is C25H30N3NaO4. The summed E-state index contributed by atoms with van der Waals surface area (Å²) >= 11 is 0. The Bertz CT molecular complexity index is 952. The smallest absolute Gasteiger partial charge is 0.853 e. The molecule has 0 saturated carbocycles. The van der Waals surface area contributed by atoms with Crippen molar-refractivity contribution < 1.29 is 49.3 Å². The van der Waals surface area contributed by atoms with Crippen LogP contribution in [0.5, 0.6) is 0 Å². The van der Waals surface area contributed by atoms with Crippen molar-refractivity contribution in [3.8, 4) is 22.5 Å². The van der Waals surface area contributed by atoms with Crippen molar-refractivity contribution in [3.05, 3.63) is 66.9 Å². The molecule has 0 amide bonds. The summed E-state index contributed by atoms with van der Waals surface area (Å²) in [6.07, 6.45) is 1.82. The number of hydrogen-bond donors (Lipinski definition) is 1. The Morgan fingerprint density at radius 3 is 2.00 bits per heavy atom. The average Bonchev–Trinajstić information content (AvgIpc) is 2.79. The van der Waals surface area contributed by atoms with Crippen LogP contribution >= 0.6 is 0 Å². The fourth-order valence-corrected chi connectivity index (χ4v) is 3.08. The minimum Gasteiger partial charge on any atom is -0.853 e. The first kappa shape index (κ1) is 28.7. The van der Waals surface area contributed by atoms with Crippen LogP contribution in [0, 0.1) is 0 Å². The molecule has 0 radical (unpaired) electrons. The predicted octanol–water partition coefficient (Wildman–Crippen LogP) is 0.497. The summed E-state index contributed by atoms with van der Waals surface area (Å²) in [6.45, 7) is 6.48. The summed E-state index contributed by atoms with van der Waals surface area (Å²) in [4.78, 5) is 20.9. The molecule has 3 rings (SSSR count). The Kier molecular flexibility index (Phi) is 13.5. The van der Waals surface area contributed by atoms with Crippen molar-refractivity contribution in [1.29, 1.82) is 0 Å². The molecule has 0 fully saturated rings. The Hall–Kier alpha value is -2.29. The van der Waals surface area contributed by atoms with E-state index in [1.54, 1.807) is 0 Å². The van der Waals surface area contributed by atoms with Gasteiger partial charge in [0.1, 0.15) is 5.82 Å². The quantitative estimate of drug-likeness (QED) is 0.368. The molecule has 7 nitrogen and oxygen atoms in total. The fourth-order valence-electron chi connectivity index (χ4n) is 3.08. The summed E-state index contributed by atoms with van der Waals surface area (Å²) < 4.78 is 5.39. The molecule has 0 bridgehead atoms. The monoisotopic (exact) mass is 459 g/mol. The Morgan fingerprint density at radius 1 is 1.00 bits per heavy atom. The molecule has 3 aromatic rings. The van der Waals surface area contributed by atoms with Crippen LogP contribution in [0.3, 0.4) is 0 Å². The summed E-state index contributed by atoms with van der Waals surface area (Å²) in [6, 6.07) is 20.5. The van der Waals surface area contributed by atoms with Gasteiger partial charge in [0.05, 0.1) is 24.2 Å². The topological polar surface area (TPSA) is 98.6 Å². The third-order valence-corrected chi connectivity index (χ3v) is 4.48. The Morgan fingerprint density at radius 2 is 1.52 bits per heavy atom. The molecule has 8 heteroatoms. The normalized spacial score (nSPS) is 10.1. The number of carboxylic acid groups (broad SMARTS) is 1. The molecule has 0 aliphatic heterocycles. The minimum absolute atomic E-state index is 0. The van der Waals surface area contributed by atoms with Crippen LogP contribution in [0.1, 0.15) is 20.8 Å². The standard InChI is InChI=1S/C23H26N3O2.C2H4O2.Na/c1-18(2)26(13-15-28-16-14-27)21-17-24-22(19-9-5-3-6-10-19)23(25-21)20-11-7-4-8-12-20;1-2(3)4;/h3-12,17-18H,13-16H2,1-2H3;1H3,(H,3,4);/q-1;;+1. The SMILES string of the molecule is CC(=O)O.CC(C)N(CCOCC[O-])c1cnc(-c2ccccc2)c(-c2ccccc2)n1.[Na+]. The van der Waals surface area contributed by atoms with Crippen LogP contribution in [0.2, 0.25) is 0 Å². The zero-order chi connectivity index (χ0) is 23.3. The number of aromatic nitrogens is 2. The van der Waals surface area contributed by atoms with E-state index in [9.17, 15) is 5.11 Å². The van der Waals surface area contributed by atoms with E-state index in [0.717, 1.165) is 35.3 Å². The number of rotatable bonds is 9. The van der Waals surface area contributed by atoms with Crippen molar-refractivity contribution in [2.75, 3.05) is 31.3 Å². The molecule has 0 spiro atoms. The predicted molar refractivity (Wildman–Crippen MR) is 124 cm³/mol. The van der Waals surface area contributed by atoms with Gasteiger partial charge in [0.2, 0.25) is 0 Å². The fraction of sp³-hybridized carbons (Fsp3) is 0.320. The summed E-state index contributed by atoms with van der Waals surface area (Å²) in [5, 5.41) is 18.0. The molecular weight excluding hydrogens is 429 g/mol. The number of benzene rings is 2. The number of ether oxygens (including phenoxy) is 1. The zero-order valence-corrected chi connectivity index (χ0v) is 21.8. The molecule has 0 aliphatic rings. The van der Waals surface area contributed by atoms with Crippen LogP contribution < -0.4 is 39.6 Å². The van der Waals surface area contributed by atoms with Gasteiger partial charge < -0.3 is 19.8 Å². The molecule has 0 unspecified atom stereocenters. The van der Waals surface area contributed by atoms with Crippen molar-refractivity contribution in [2.24, 2.45) is 0 Å². The molecule has 0 atom stereocenters. The number of carbonyl (C=O) groups is 1. The van der Waals surface area contributed by atoms with Gasteiger partial charge in [-0.1, -0.05) is 60.7 Å². The summed E-state index contributed by atoms with van der Waals surface area (Å²) in [5.41, 5.74) is 3.79. The van der Waals surface area contributed by atoms with E-state index in [1.807, 2.05) is 54.7 Å². The van der Waals surface area contributed by atoms with E-state index < -0.39 is 5.97 Å². The van der Waals surface area contributed by atoms with Crippen molar-refractivity contribution >= 4 is 11.8 Å². The molecule has 1 aromatic heterocycles. The molecule has 1 heterocycles. The van der Waals surface area contributed by atoms with E-state index in [4.69, 9.17) is 24.6 Å². The minimum atomic E-state index is -0.833. The summed E-state index contributed by atoms with van der Waals surface area (Å²) in [7, 11) is 0. The maximum absolute atomic E-state index is 10.6. The van der Waals surface area contributed by atoms with Gasteiger partial charge in [0, 0.05) is 37.2 Å². The second-order valence-corrected chi connectivity index (χ2v) is 7.28. The van der Waals surface area contributed by atoms with E-state index in [1.165, 1.54) is 0 Å². The second-order valence-electron chi connectivity index (χ2n) is 7.28. The average molecular weight is 460 g/mol. The van der Waals surface area contributed by atoms with E-state index in [0.29, 0.717) is 13.2 Å². The third-order valence-electron chi connectivity index (χ3n) is 4.48. The van der Waals surface area contributed by atoms with Gasteiger partial charge in [-0.05, 0) is 13.8 Å². The van der Waals surface area contributed by atoms with Crippen LogP contribution in [-0.4, -0.2) is 53.5 Å². The van der Waals surface area contributed by atoms with Gasteiger partial charge in [-0.15, -0.1) is 6.61 Å². The van der Waals surface area contributed by atoms with E-state index in [2.05, 4.69) is 30.9 Å². The molecule has 1 N–H and O–H groups in total. The van der Waals surface area contributed by atoms with Crippen molar-refractivity contribution in [1.82, 2.24) is 9.97 Å². The van der Waals surface area contributed by atoms with Gasteiger partial charge in [-0.25, -0.2) is 4.98 Å². The van der Waals surface area contributed by atoms with Crippen molar-refractivity contribution in [2.45, 2.75) is 26.8 Å². The van der Waals surface area contributed by atoms with Gasteiger partial charge in [-0.3, -0.25) is 9.78 Å². The first-order chi connectivity index (χ1) is 15.4. The Balaban J connectivity index is 0.00000101. The molecule has 33 heavy (non-hydrogen) atoms. The number of carboxylic acids is 1. The first-order valence-electron chi connectivity index (χ1n) is 10.5. The van der Waals surface area contributed by atoms with Crippen LogP contribution in [-0.2, 0) is 9.53 Å². The first-order valence-corrected chi connectivity index (χ1v) is 10.5. The van der Waals surface area contributed by atoms with Gasteiger partial charge in [0.15, 0.2) is 0 Å². The van der Waals surface area contributed by atoms with Gasteiger partial charge in [-0.2, -0.15) is 0 Å². The van der Waals surface area contributed by atoms with Crippen LogP contribution in [0.15, 0.2) is 66.9 Å². The maximum atomic E-state index is 10.6. The molecule has 170 valence electrons. The largest absolute Gasteiger partial charge is 1.00 e. The molecule has 0 aliphatic carbocycles. The number of hydrogen-bond acceptors (Lipinski definition) is 6. The van der Waals surface area contributed by atoms with Crippen molar-refractivity contribution in [3.63, 3.8) is 0 Å². The second kappa shape index (κ2) is 15.5.